The van der Waals surface area contributed by atoms with Crippen molar-refractivity contribution in [1.29, 1.82) is 0 Å². The van der Waals surface area contributed by atoms with Crippen molar-refractivity contribution in [1.82, 2.24) is 5.32 Å². The summed E-state index contributed by atoms with van der Waals surface area (Å²) in [4.78, 5) is 12.7. The maximum absolute atomic E-state index is 12.7. The molecule has 4 aromatic rings. The Labute approximate surface area is 172 Å². The summed E-state index contributed by atoms with van der Waals surface area (Å²) in [5.41, 5.74) is 1.43. The predicted octanol–water partition coefficient (Wildman–Crippen LogP) is 4.79. The van der Waals surface area contributed by atoms with Crippen molar-refractivity contribution in [2.45, 2.75) is 17.2 Å². The van der Waals surface area contributed by atoms with Crippen LogP contribution in [0, 0.1) is 0 Å². The number of sulfonamides is 1. The number of nitrogens with one attached hydrogen (secondary N) is 2. The van der Waals surface area contributed by atoms with Gasteiger partial charge in [-0.15, -0.1) is 11.3 Å². The SMILES string of the molecule is C[C@H](NC(=O)c1cccc(NS(=O)(=O)c2cccs2)c1)c1cc2ccccc2o1. The minimum atomic E-state index is -3.67. The molecule has 0 unspecified atom stereocenters. The van der Waals surface area contributed by atoms with E-state index in [1.54, 1.807) is 29.6 Å². The summed E-state index contributed by atoms with van der Waals surface area (Å²) in [6.07, 6.45) is 0. The number of anilines is 1. The third-order valence-corrected chi connectivity index (χ3v) is 7.13. The number of carbonyl (C=O) groups is 1. The Morgan fingerprint density at radius 2 is 1.86 bits per heavy atom. The first-order valence-electron chi connectivity index (χ1n) is 8.88. The number of carbonyl (C=O) groups excluding carboxylic acids is 1. The van der Waals surface area contributed by atoms with Gasteiger partial charge in [0.1, 0.15) is 15.6 Å². The average Bonchev–Trinajstić information content (AvgIpc) is 3.38. The Balaban J connectivity index is 1.49. The molecule has 0 bridgehead atoms. The van der Waals surface area contributed by atoms with Crippen LogP contribution in [0.4, 0.5) is 5.69 Å². The van der Waals surface area contributed by atoms with Crippen molar-refractivity contribution in [2.75, 3.05) is 4.72 Å². The van der Waals surface area contributed by atoms with Gasteiger partial charge in [0.2, 0.25) is 0 Å². The van der Waals surface area contributed by atoms with Gasteiger partial charge >= 0.3 is 0 Å². The Kier molecular flexibility index (Phi) is 5.12. The molecule has 6 nitrogen and oxygen atoms in total. The number of para-hydroxylation sites is 1. The van der Waals surface area contributed by atoms with Gasteiger partial charge in [0.25, 0.3) is 15.9 Å². The fraction of sp³-hybridized carbons (Fsp3) is 0.0952. The number of hydrogen-bond acceptors (Lipinski definition) is 5. The van der Waals surface area contributed by atoms with Gasteiger partial charge in [-0.05, 0) is 48.7 Å². The van der Waals surface area contributed by atoms with Crippen LogP contribution in [0.25, 0.3) is 11.0 Å². The standard InChI is InChI=1S/C21H18N2O4S2/c1-14(19-13-15-6-2-3-9-18(15)27-19)22-21(24)16-7-4-8-17(12-16)23-29(25,26)20-10-5-11-28-20/h2-14,23H,1H3,(H,22,24)/t14-/m0/s1. The summed E-state index contributed by atoms with van der Waals surface area (Å²) in [7, 11) is -3.67. The van der Waals surface area contributed by atoms with E-state index in [1.165, 1.54) is 12.1 Å². The molecule has 29 heavy (non-hydrogen) atoms. The zero-order valence-corrected chi connectivity index (χ0v) is 17.1. The van der Waals surface area contributed by atoms with Crippen molar-refractivity contribution in [3.8, 4) is 0 Å². The van der Waals surface area contributed by atoms with Crippen molar-refractivity contribution in [2.24, 2.45) is 0 Å². The van der Waals surface area contributed by atoms with Gasteiger partial charge in [0.15, 0.2) is 0 Å². The van der Waals surface area contributed by atoms with E-state index < -0.39 is 10.0 Å². The van der Waals surface area contributed by atoms with Crippen molar-refractivity contribution < 1.29 is 17.6 Å². The quantitative estimate of drug-likeness (QED) is 0.464. The lowest BCUT2D eigenvalue weighted by atomic mass is 10.1. The summed E-state index contributed by atoms with van der Waals surface area (Å²) in [5, 5.41) is 5.54. The summed E-state index contributed by atoms with van der Waals surface area (Å²) < 4.78 is 33.3. The normalized spacial score (nSPS) is 12.6. The van der Waals surface area contributed by atoms with Crippen LogP contribution >= 0.6 is 11.3 Å². The molecule has 148 valence electrons. The van der Waals surface area contributed by atoms with Crippen molar-refractivity contribution in [3.63, 3.8) is 0 Å². The minimum absolute atomic E-state index is 0.214. The first kappa shape index (κ1) is 19.2. The molecule has 0 aliphatic carbocycles. The van der Waals surface area contributed by atoms with Crippen LogP contribution in [0.3, 0.4) is 0 Å². The molecule has 0 saturated carbocycles. The lowest BCUT2D eigenvalue weighted by molar-refractivity contribution is 0.0935. The lowest BCUT2D eigenvalue weighted by Gasteiger charge is -2.12. The van der Waals surface area contributed by atoms with Crippen molar-refractivity contribution in [3.05, 3.63) is 83.4 Å². The topological polar surface area (TPSA) is 88.4 Å². The molecule has 1 amide bonds. The molecule has 0 spiro atoms. The van der Waals surface area contributed by atoms with E-state index in [4.69, 9.17) is 4.42 Å². The van der Waals surface area contributed by atoms with Crippen LogP contribution in [0.1, 0.15) is 29.1 Å². The van der Waals surface area contributed by atoms with E-state index in [-0.39, 0.29) is 16.2 Å². The Bertz CT molecular complexity index is 1230. The van der Waals surface area contributed by atoms with E-state index in [0.717, 1.165) is 22.3 Å². The third-order valence-electron chi connectivity index (χ3n) is 4.36. The van der Waals surface area contributed by atoms with Gasteiger partial charge in [-0.3, -0.25) is 9.52 Å². The van der Waals surface area contributed by atoms with Gasteiger partial charge in [0.05, 0.1) is 6.04 Å². The molecular weight excluding hydrogens is 408 g/mol. The van der Waals surface area contributed by atoms with Crippen LogP contribution in [0.15, 0.2) is 80.7 Å². The first-order valence-corrected chi connectivity index (χ1v) is 11.2. The lowest BCUT2D eigenvalue weighted by Crippen LogP contribution is -2.26. The van der Waals surface area contributed by atoms with E-state index in [2.05, 4.69) is 10.0 Å². The molecule has 0 aliphatic rings. The number of benzene rings is 2. The second kappa shape index (κ2) is 7.73. The van der Waals surface area contributed by atoms with Crippen molar-refractivity contribution >= 4 is 43.9 Å². The van der Waals surface area contributed by atoms with E-state index in [1.807, 2.05) is 37.3 Å². The van der Waals surface area contributed by atoms with E-state index in [9.17, 15) is 13.2 Å². The fourth-order valence-corrected chi connectivity index (χ4v) is 4.96. The molecule has 0 aliphatic heterocycles. The average molecular weight is 427 g/mol. The molecular formula is C21H18N2O4S2. The highest BCUT2D eigenvalue weighted by atomic mass is 32.2. The highest BCUT2D eigenvalue weighted by molar-refractivity contribution is 7.94. The first-order chi connectivity index (χ1) is 13.9. The predicted molar refractivity (Wildman–Crippen MR) is 114 cm³/mol. The Hall–Kier alpha value is -3.10. The van der Waals surface area contributed by atoms with Gasteiger partial charge in [-0.2, -0.15) is 0 Å². The Morgan fingerprint density at radius 1 is 1.03 bits per heavy atom. The number of rotatable bonds is 6. The van der Waals surface area contributed by atoms with Gasteiger partial charge in [0, 0.05) is 16.6 Å². The zero-order chi connectivity index (χ0) is 20.4. The van der Waals surface area contributed by atoms with E-state index >= 15 is 0 Å². The van der Waals surface area contributed by atoms with Gasteiger partial charge in [-0.25, -0.2) is 8.42 Å². The summed E-state index contributed by atoms with van der Waals surface area (Å²) in [6.45, 7) is 1.83. The van der Waals surface area contributed by atoms with Crippen LogP contribution in [-0.2, 0) is 10.0 Å². The molecule has 1 atom stereocenters. The molecule has 2 N–H and O–H groups in total. The van der Waals surface area contributed by atoms with Crippen LogP contribution in [-0.4, -0.2) is 14.3 Å². The molecule has 2 aromatic carbocycles. The highest BCUT2D eigenvalue weighted by Crippen LogP contribution is 2.24. The third kappa shape index (κ3) is 4.18. The van der Waals surface area contributed by atoms with E-state index in [0.29, 0.717) is 17.0 Å². The molecule has 0 fully saturated rings. The molecule has 0 radical (unpaired) electrons. The monoisotopic (exact) mass is 426 g/mol. The highest BCUT2D eigenvalue weighted by Gasteiger charge is 2.18. The fourth-order valence-electron chi connectivity index (χ4n) is 2.91. The van der Waals surface area contributed by atoms with Crippen LogP contribution in [0.5, 0.6) is 0 Å². The second-order valence-corrected chi connectivity index (χ2v) is 9.36. The molecule has 2 heterocycles. The van der Waals surface area contributed by atoms with Gasteiger partial charge < -0.3 is 9.73 Å². The van der Waals surface area contributed by atoms with Crippen LogP contribution < -0.4 is 10.0 Å². The molecule has 0 saturated heterocycles. The molecule has 2 aromatic heterocycles. The molecule has 8 heteroatoms. The summed E-state index contributed by atoms with van der Waals surface area (Å²) in [6, 6.07) is 18.7. The number of hydrogen-bond donors (Lipinski definition) is 2. The van der Waals surface area contributed by atoms with Crippen LogP contribution in [0.2, 0.25) is 0 Å². The summed E-state index contributed by atoms with van der Waals surface area (Å²) in [5.74, 6) is 0.323. The number of fused-ring (bicyclic) bond motifs is 1. The largest absolute Gasteiger partial charge is 0.459 e. The maximum Gasteiger partial charge on any atom is 0.271 e. The number of furan rings is 1. The maximum atomic E-state index is 12.7. The summed E-state index contributed by atoms with van der Waals surface area (Å²) >= 11 is 1.13. The smallest absolute Gasteiger partial charge is 0.271 e. The molecule has 4 rings (SSSR count). The number of thiophene rings is 1. The Morgan fingerprint density at radius 3 is 2.62 bits per heavy atom. The second-order valence-electron chi connectivity index (χ2n) is 6.50. The van der Waals surface area contributed by atoms with Gasteiger partial charge in [-0.1, -0.05) is 30.3 Å². The minimum Gasteiger partial charge on any atom is -0.459 e. The number of amides is 1. The zero-order valence-electron chi connectivity index (χ0n) is 15.5.